The van der Waals surface area contributed by atoms with E-state index in [1.165, 1.54) is 11.3 Å². The molecule has 0 saturated carbocycles. The molecule has 1 aromatic heterocycles. The molecule has 1 atom stereocenters. The standard InChI is InChI=1S/C12H13NO4S/c1-7(2)8-6-17-12(16)13(8)11(15)10(14)9-4-3-5-18-9/h3-5,7-8H,6H2,1-2H3/t8-/m1/s1. The van der Waals surface area contributed by atoms with Crippen LogP contribution in [-0.2, 0) is 9.53 Å². The second-order valence-corrected chi connectivity index (χ2v) is 5.32. The highest BCUT2D eigenvalue weighted by Crippen LogP contribution is 2.21. The Labute approximate surface area is 108 Å². The molecule has 0 aliphatic carbocycles. The average Bonchev–Trinajstić information content (AvgIpc) is 2.95. The van der Waals surface area contributed by atoms with Crippen molar-refractivity contribution >= 4 is 29.1 Å². The summed E-state index contributed by atoms with van der Waals surface area (Å²) in [6.45, 7) is 3.91. The molecule has 1 aliphatic rings. The maximum atomic E-state index is 12.1. The van der Waals surface area contributed by atoms with Crippen molar-refractivity contribution in [2.45, 2.75) is 19.9 Å². The Balaban J connectivity index is 2.22. The average molecular weight is 267 g/mol. The van der Waals surface area contributed by atoms with Crippen LogP contribution in [0.1, 0.15) is 23.5 Å². The number of amides is 2. The van der Waals surface area contributed by atoms with Crippen molar-refractivity contribution in [2.24, 2.45) is 5.92 Å². The third kappa shape index (κ3) is 2.15. The van der Waals surface area contributed by atoms with Gasteiger partial charge in [-0.25, -0.2) is 9.69 Å². The highest BCUT2D eigenvalue weighted by atomic mass is 32.1. The summed E-state index contributed by atoms with van der Waals surface area (Å²) in [5.74, 6) is -1.41. The molecule has 1 aliphatic heterocycles. The van der Waals surface area contributed by atoms with Crippen LogP contribution in [0.3, 0.4) is 0 Å². The van der Waals surface area contributed by atoms with Gasteiger partial charge in [0.15, 0.2) is 0 Å². The highest BCUT2D eigenvalue weighted by Gasteiger charge is 2.42. The van der Waals surface area contributed by atoms with Crippen LogP contribution < -0.4 is 0 Å². The van der Waals surface area contributed by atoms with Crippen LogP contribution >= 0.6 is 11.3 Å². The third-order valence-corrected chi connectivity index (χ3v) is 3.70. The minimum atomic E-state index is -0.807. The fourth-order valence-electron chi connectivity index (χ4n) is 1.78. The molecule has 0 aromatic carbocycles. The lowest BCUT2D eigenvalue weighted by Gasteiger charge is -2.21. The quantitative estimate of drug-likeness (QED) is 0.620. The van der Waals surface area contributed by atoms with Gasteiger partial charge < -0.3 is 4.74 Å². The summed E-state index contributed by atoms with van der Waals surface area (Å²) in [6.07, 6.45) is -0.733. The van der Waals surface area contributed by atoms with E-state index in [1.54, 1.807) is 17.5 Å². The third-order valence-electron chi connectivity index (χ3n) is 2.83. The van der Waals surface area contributed by atoms with Gasteiger partial charge in [-0.3, -0.25) is 9.59 Å². The lowest BCUT2D eigenvalue weighted by Crippen LogP contribution is -2.45. The van der Waals surface area contributed by atoms with Crippen molar-refractivity contribution in [3.63, 3.8) is 0 Å². The summed E-state index contributed by atoms with van der Waals surface area (Å²) in [4.78, 5) is 36.8. The van der Waals surface area contributed by atoms with E-state index in [9.17, 15) is 14.4 Å². The minimum absolute atomic E-state index is 0.0523. The number of hydrogen-bond donors (Lipinski definition) is 0. The first kappa shape index (κ1) is 12.8. The number of imide groups is 1. The van der Waals surface area contributed by atoms with Crippen LogP contribution in [0.25, 0.3) is 0 Å². The van der Waals surface area contributed by atoms with E-state index in [0.29, 0.717) is 4.88 Å². The van der Waals surface area contributed by atoms with Crippen LogP contribution in [-0.4, -0.2) is 35.3 Å². The maximum absolute atomic E-state index is 12.1. The van der Waals surface area contributed by atoms with Crippen molar-refractivity contribution in [2.75, 3.05) is 6.61 Å². The molecule has 1 aromatic rings. The van der Waals surface area contributed by atoms with E-state index >= 15 is 0 Å². The molecule has 0 N–H and O–H groups in total. The van der Waals surface area contributed by atoms with Gasteiger partial charge in [0.2, 0.25) is 0 Å². The Morgan fingerprint density at radius 3 is 2.78 bits per heavy atom. The van der Waals surface area contributed by atoms with Gasteiger partial charge in [0.1, 0.15) is 6.61 Å². The lowest BCUT2D eigenvalue weighted by molar-refractivity contribution is -0.125. The number of rotatable bonds is 3. The van der Waals surface area contributed by atoms with Gasteiger partial charge in [0.25, 0.3) is 5.78 Å². The molecule has 2 amide bonds. The molecule has 6 heteroatoms. The molecule has 0 bridgehead atoms. The smallest absolute Gasteiger partial charge is 0.417 e. The van der Waals surface area contributed by atoms with E-state index < -0.39 is 17.8 Å². The fraction of sp³-hybridized carbons (Fsp3) is 0.417. The Bertz CT molecular complexity index is 480. The second kappa shape index (κ2) is 4.89. The molecule has 2 rings (SSSR count). The van der Waals surface area contributed by atoms with Crippen LogP contribution in [0, 0.1) is 5.92 Å². The number of thiophene rings is 1. The van der Waals surface area contributed by atoms with E-state index in [2.05, 4.69) is 0 Å². The lowest BCUT2D eigenvalue weighted by atomic mass is 10.0. The van der Waals surface area contributed by atoms with Crippen LogP contribution in [0.5, 0.6) is 0 Å². The zero-order valence-corrected chi connectivity index (χ0v) is 10.9. The van der Waals surface area contributed by atoms with Gasteiger partial charge in [-0.15, -0.1) is 11.3 Å². The zero-order valence-electron chi connectivity index (χ0n) is 10.1. The number of nitrogens with zero attached hydrogens (tertiary/aromatic N) is 1. The van der Waals surface area contributed by atoms with Gasteiger partial charge in [0, 0.05) is 0 Å². The summed E-state index contributed by atoms with van der Waals surface area (Å²) < 4.78 is 4.85. The largest absolute Gasteiger partial charge is 0.447 e. The van der Waals surface area contributed by atoms with Crippen molar-refractivity contribution in [1.29, 1.82) is 0 Å². The highest BCUT2D eigenvalue weighted by molar-refractivity contribution is 7.13. The van der Waals surface area contributed by atoms with Crippen molar-refractivity contribution < 1.29 is 19.1 Å². The van der Waals surface area contributed by atoms with Gasteiger partial charge in [-0.05, 0) is 17.4 Å². The Morgan fingerprint density at radius 2 is 2.22 bits per heavy atom. The summed E-state index contributed by atoms with van der Waals surface area (Å²) in [5, 5.41) is 1.71. The van der Waals surface area contributed by atoms with E-state index in [0.717, 1.165) is 4.90 Å². The molecule has 2 heterocycles. The number of ketones is 1. The summed E-state index contributed by atoms with van der Waals surface area (Å²) >= 11 is 1.18. The SMILES string of the molecule is CC(C)[C@H]1COC(=O)N1C(=O)C(=O)c1cccs1. The van der Waals surface area contributed by atoms with Gasteiger partial charge in [0.05, 0.1) is 10.9 Å². The summed E-state index contributed by atoms with van der Waals surface area (Å²) in [5.41, 5.74) is 0. The first-order valence-electron chi connectivity index (χ1n) is 5.60. The van der Waals surface area contributed by atoms with Gasteiger partial charge in [-0.1, -0.05) is 19.9 Å². The monoisotopic (exact) mass is 267 g/mol. The first-order chi connectivity index (χ1) is 8.52. The topological polar surface area (TPSA) is 63.7 Å². The molecule has 5 nitrogen and oxygen atoms in total. The van der Waals surface area contributed by atoms with Crippen LogP contribution in [0.15, 0.2) is 17.5 Å². The molecule has 0 radical (unpaired) electrons. The van der Waals surface area contributed by atoms with Crippen molar-refractivity contribution in [3.8, 4) is 0 Å². The molecule has 1 fully saturated rings. The number of Topliss-reactive ketones (excluding diaryl/α,β-unsaturated/α-hetero) is 1. The first-order valence-corrected chi connectivity index (χ1v) is 6.48. The molecule has 1 saturated heterocycles. The summed E-state index contributed by atoms with van der Waals surface area (Å²) in [6, 6.07) is 2.89. The maximum Gasteiger partial charge on any atom is 0.417 e. The van der Waals surface area contributed by atoms with E-state index in [1.807, 2.05) is 13.8 Å². The van der Waals surface area contributed by atoms with E-state index in [-0.39, 0.29) is 18.6 Å². The van der Waals surface area contributed by atoms with Crippen molar-refractivity contribution in [1.82, 2.24) is 4.90 Å². The molecular weight excluding hydrogens is 254 g/mol. The summed E-state index contributed by atoms with van der Waals surface area (Å²) in [7, 11) is 0. The predicted octanol–water partition coefficient (Wildman–Crippen LogP) is 1.93. The number of carbonyl (C=O) groups is 3. The molecular formula is C12H13NO4S. The van der Waals surface area contributed by atoms with Crippen molar-refractivity contribution in [3.05, 3.63) is 22.4 Å². The fourth-order valence-corrected chi connectivity index (χ4v) is 2.44. The zero-order chi connectivity index (χ0) is 13.3. The Morgan fingerprint density at radius 1 is 1.50 bits per heavy atom. The predicted molar refractivity (Wildman–Crippen MR) is 65.5 cm³/mol. The Hall–Kier alpha value is -1.69. The second-order valence-electron chi connectivity index (χ2n) is 4.37. The van der Waals surface area contributed by atoms with E-state index in [4.69, 9.17) is 4.74 Å². The van der Waals surface area contributed by atoms with Gasteiger partial charge in [-0.2, -0.15) is 0 Å². The normalized spacial score (nSPS) is 19.2. The molecule has 0 spiro atoms. The molecule has 18 heavy (non-hydrogen) atoms. The minimum Gasteiger partial charge on any atom is -0.447 e. The van der Waals surface area contributed by atoms with Crippen LogP contribution in [0.4, 0.5) is 4.79 Å². The number of ether oxygens (including phenoxy) is 1. The number of cyclic esters (lactones) is 1. The molecule has 0 unspecified atom stereocenters. The number of hydrogen-bond acceptors (Lipinski definition) is 5. The molecule has 96 valence electrons. The van der Waals surface area contributed by atoms with Gasteiger partial charge >= 0.3 is 12.0 Å². The van der Waals surface area contributed by atoms with Crippen LogP contribution in [0.2, 0.25) is 0 Å². The number of carbonyl (C=O) groups excluding carboxylic acids is 3. The Kier molecular flexibility index (Phi) is 3.47.